The zero-order chi connectivity index (χ0) is 23.7. The van der Waals surface area contributed by atoms with Gasteiger partial charge >= 0.3 is 0 Å². The van der Waals surface area contributed by atoms with Crippen LogP contribution in [0.15, 0.2) is 35.1 Å². The van der Waals surface area contributed by atoms with Crippen LogP contribution in [0.25, 0.3) is 11.3 Å². The fourth-order valence-electron chi connectivity index (χ4n) is 5.74. The highest BCUT2D eigenvalue weighted by molar-refractivity contribution is 6.33. The van der Waals surface area contributed by atoms with E-state index in [1.54, 1.807) is 6.07 Å². The van der Waals surface area contributed by atoms with Crippen LogP contribution in [0.3, 0.4) is 0 Å². The van der Waals surface area contributed by atoms with Crippen molar-refractivity contribution in [2.75, 3.05) is 13.2 Å². The van der Waals surface area contributed by atoms with Crippen LogP contribution >= 0.6 is 0 Å². The Morgan fingerprint density at radius 3 is 2.64 bits per heavy atom. The van der Waals surface area contributed by atoms with E-state index in [1.807, 2.05) is 6.08 Å². The summed E-state index contributed by atoms with van der Waals surface area (Å²) in [5.74, 6) is -4.41. The Kier molecular flexibility index (Phi) is 4.73. The second kappa shape index (κ2) is 7.29. The van der Waals surface area contributed by atoms with Crippen molar-refractivity contribution in [1.82, 2.24) is 0 Å². The number of aromatic hydroxyl groups is 1. The molecule has 172 valence electrons. The highest BCUT2D eigenvalue weighted by Crippen LogP contribution is 2.52. The molecule has 0 unspecified atom stereocenters. The van der Waals surface area contributed by atoms with Crippen LogP contribution in [-0.2, 0) is 20.7 Å². The van der Waals surface area contributed by atoms with Crippen molar-refractivity contribution in [3.63, 3.8) is 0 Å². The second-order valence-electron chi connectivity index (χ2n) is 9.00. The topological polar surface area (TPSA) is 174 Å². The van der Waals surface area contributed by atoms with Crippen molar-refractivity contribution in [2.24, 2.45) is 17.6 Å². The van der Waals surface area contributed by atoms with Gasteiger partial charge in [-0.1, -0.05) is 12.1 Å². The number of carbonyl (C=O) groups is 2. The van der Waals surface area contributed by atoms with Crippen molar-refractivity contribution in [3.05, 3.63) is 51.8 Å². The van der Waals surface area contributed by atoms with Gasteiger partial charge in [0.25, 0.3) is 5.91 Å². The van der Waals surface area contributed by atoms with Gasteiger partial charge in [0.2, 0.25) is 5.78 Å². The predicted molar refractivity (Wildman–Crippen MR) is 118 cm³/mol. The second-order valence-corrected chi connectivity index (χ2v) is 9.00. The van der Waals surface area contributed by atoms with Crippen LogP contribution in [0.5, 0.6) is 5.75 Å². The molecule has 1 heterocycles. The number of phenols is 1. The molecule has 5 rings (SSSR count). The summed E-state index contributed by atoms with van der Waals surface area (Å²) in [5.41, 5.74) is 4.19. The van der Waals surface area contributed by atoms with Gasteiger partial charge in [0.1, 0.15) is 22.8 Å². The maximum Gasteiger partial charge on any atom is 0.254 e. The number of hydrogen-bond donors (Lipinski definition) is 6. The van der Waals surface area contributed by atoms with Crippen LogP contribution in [0, 0.1) is 17.2 Å². The third-order valence-corrected chi connectivity index (χ3v) is 7.31. The third kappa shape index (κ3) is 2.89. The maximum absolute atomic E-state index is 13.5. The molecule has 0 bridgehead atoms. The van der Waals surface area contributed by atoms with Crippen LogP contribution in [-0.4, -0.2) is 56.6 Å². The maximum atomic E-state index is 13.5. The molecule has 9 heteroatoms. The fourth-order valence-corrected chi connectivity index (χ4v) is 5.74. The van der Waals surface area contributed by atoms with E-state index in [1.165, 1.54) is 6.07 Å². The number of hydrogen-bond acceptors (Lipinski definition) is 8. The van der Waals surface area contributed by atoms with E-state index >= 15 is 0 Å². The highest BCUT2D eigenvalue weighted by atomic mass is 16.5. The van der Waals surface area contributed by atoms with Gasteiger partial charge in [-0.05, 0) is 47.9 Å². The number of phenolic OH excluding ortho intramolecular Hbond substituents is 1. The Bertz CT molecular complexity index is 1230. The molecule has 1 saturated carbocycles. The molecule has 4 aliphatic rings. The van der Waals surface area contributed by atoms with Crippen molar-refractivity contribution in [1.29, 1.82) is 5.41 Å². The lowest BCUT2D eigenvalue weighted by atomic mass is 9.58. The molecule has 9 nitrogen and oxygen atoms in total. The largest absolute Gasteiger partial charge is 0.511 e. The smallest absolute Gasteiger partial charge is 0.254 e. The molecule has 3 aliphatic carbocycles. The van der Waals surface area contributed by atoms with Crippen LogP contribution in [0.4, 0.5) is 0 Å². The van der Waals surface area contributed by atoms with E-state index in [0.717, 1.165) is 11.1 Å². The van der Waals surface area contributed by atoms with Gasteiger partial charge in [0.05, 0.1) is 24.5 Å². The summed E-state index contributed by atoms with van der Waals surface area (Å²) in [5, 5.41) is 51.7. The van der Waals surface area contributed by atoms with Gasteiger partial charge in [-0.15, -0.1) is 0 Å². The van der Waals surface area contributed by atoms with Crippen LogP contribution in [0.2, 0.25) is 0 Å². The molecule has 0 spiro atoms. The number of nitrogens with two attached hydrogens (primary N) is 1. The summed E-state index contributed by atoms with van der Waals surface area (Å²) in [6, 6.07) is 3.25. The van der Waals surface area contributed by atoms with Gasteiger partial charge in [0.15, 0.2) is 5.60 Å². The molecule has 1 aromatic carbocycles. The Hall–Kier alpha value is -3.43. The summed E-state index contributed by atoms with van der Waals surface area (Å²) >= 11 is 0. The molecule has 1 aliphatic heterocycles. The first-order valence-electron chi connectivity index (χ1n) is 10.8. The number of Topliss-reactive ketones (excluding diaryl/α,β-unsaturated/α-hetero) is 1. The van der Waals surface area contributed by atoms with Crippen molar-refractivity contribution in [3.8, 4) is 5.75 Å². The standard InChI is InChI=1S/C24H24N2O7/c25-21-19(23(26)31)16(28)9-12-7-11-8-14-13(10-3-5-33-6-4-10)1-2-15(27)18(14)20(29)17(11)22(30)24(12,21)32/h1-3,11-12,25,27-29,32H,4-9H2,(H2,26,31)/t11-,12+,24-/m1/s1. The van der Waals surface area contributed by atoms with E-state index < -0.39 is 51.9 Å². The molecule has 7 N–H and O–H groups in total. The lowest BCUT2D eigenvalue weighted by molar-refractivity contribution is -0.136. The number of allylic oxidation sites excluding steroid dienone is 1. The first-order chi connectivity index (χ1) is 15.7. The number of ether oxygens (including phenoxy) is 1. The molecular weight excluding hydrogens is 428 g/mol. The first-order valence-corrected chi connectivity index (χ1v) is 10.8. The Morgan fingerprint density at radius 2 is 1.97 bits per heavy atom. The lowest BCUT2D eigenvalue weighted by Crippen LogP contribution is -2.61. The zero-order valence-electron chi connectivity index (χ0n) is 17.7. The average Bonchev–Trinajstić information content (AvgIpc) is 2.76. The van der Waals surface area contributed by atoms with E-state index in [-0.39, 0.29) is 29.7 Å². The van der Waals surface area contributed by atoms with Crippen molar-refractivity contribution < 1.29 is 34.8 Å². The SMILES string of the molecule is N=C1C(C(N)=O)=C(O)C[C@@H]2C[C@@H]3Cc4c(C5=CCOCC5)ccc(O)c4C(O)=C3C(=O)[C@]12O. The van der Waals surface area contributed by atoms with E-state index in [9.17, 15) is 30.0 Å². The number of amides is 1. The van der Waals surface area contributed by atoms with Gasteiger partial charge in [-0.2, -0.15) is 0 Å². The normalized spacial score (nSPS) is 29.3. The fraction of sp³-hybridized carbons (Fsp3) is 0.375. The number of aliphatic hydroxyl groups is 3. The summed E-state index contributed by atoms with van der Waals surface area (Å²) in [7, 11) is 0. The van der Waals surface area contributed by atoms with Gasteiger partial charge in [-0.3, -0.25) is 9.59 Å². The summed E-state index contributed by atoms with van der Waals surface area (Å²) < 4.78 is 5.39. The predicted octanol–water partition coefficient (Wildman–Crippen LogP) is 1.68. The monoisotopic (exact) mass is 452 g/mol. The minimum absolute atomic E-state index is 0.0791. The minimum atomic E-state index is -2.40. The lowest BCUT2D eigenvalue weighted by Gasteiger charge is -2.47. The van der Waals surface area contributed by atoms with E-state index in [4.69, 9.17) is 15.9 Å². The Morgan fingerprint density at radius 1 is 1.21 bits per heavy atom. The number of benzene rings is 1. The number of carbonyl (C=O) groups excluding carboxylic acids is 2. The van der Waals surface area contributed by atoms with Crippen LogP contribution in [0.1, 0.15) is 36.0 Å². The highest BCUT2D eigenvalue weighted by Gasteiger charge is 2.59. The Balaban J connectivity index is 1.67. The van der Waals surface area contributed by atoms with Gasteiger partial charge in [0, 0.05) is 17.9 Å². The number of primary amides is 1. The van der Waals surface area contributed by atoms with Gasteiger partial charge < -0.3 is 36.3 Å². The average molecular weight is 452 g/mol. The molecule has 1 fully saturated rings. The minimum Gasteiger partial charge on any atom is -0.511 e. The van der Waals surface area contributed by atoms with Gasteiger partial charge in [-0.25, -0.2) is 0 Å². The molecular formula is C24H24N2O7. The summed E-state index contributed by atoms with van der Waals surface area (Å²) in [6.45, 7) is 1.02. The number of aliphatic hydroxyl groups excluding tert-OH is 2. The van der Waals surface area contributed by atoms with Crippen molar-refractivity contribution >= 4 is 28.7 Å². The molecule has 0 aromatic heterocycles. The number of fused-ring (bicyclic) bond motifs is 3. The first kappa shape index (κ1) is 21.4. The molecule has 0 saturated heterocycles. The number of ketones is 1. The summed E-state index contributed by atoms with van der Waals surface area (Å²) in [6.07, 6.45) is 2.96. The summed E-state index contributed by atoms with van der Waals surface area (Å²) in [4.78, 5) is 25.3. The zero-order valence-corrected chi connectivity index (χ0v) is 17.7. The molecule has 1 aromatic rings. The van der Waals surface area contributed by atoms with E-state index in [2.05, 4.69) is 0 Å². The Labute approximate surface area is 189 Å². The van der Waals surface area contributed by atoms with Crippen LogP contribution < -0.4 is 5.73 Å². The molecule has 0 radical (unpaired) electrons. The molecule has 33 heavy (non-hydrogen) atoms. The van der Waals surface area contributed by atoms with Crippen molar-refractivity contribution in [2.45, 2.75) is 31.3 Å². The molecule has 1 amide bonds. The third-order valence-electron chi connectivity index (χ3n) is 7.31. The number of nitrogens with one attached hydrogen (secondary N) is 1. The van der Waals surface area contributed by atoms with E-state index in [0.29, 0.717) is 31.6 Å². The number of rotatable bonds is 2. The quantitative estimate of drug-likeness (QED) is 0.396. The molecule has 3 atom stereocenters.